The van der Waals surface area contributed by atoms with Crippen molar-refractivity contribution in [3.63, 3.8) is 0 Å². The number of halogens is 1. The molecule has 4 aromatic rings. The molecule has 0 heterocycles. The SMILES string of the molecule is O=S(=O)(Nc1ccccc1NS(=O)(=O)c1ccc2ccccc2c1)c1ccc(F)cc1. The zero-order chi connectivity index (χ0) is 22.1. The lowest BCUT2D eigenvalue weighted by Gasteiger charge is -2.15. The van der Waals surface area contributed by atoms with E-state index in [-0.39, 0.29) is 21.2 Å². The molecule has 4 rings (SSSR count). The Hall–Kier alpha value is -3.43. The number of fused-ring (bicyclic) bond motifs is 1. The van der Waals surface area contributed by atoms with Crippen LogP contribution in [0.15, 0.2) is 101 Å². The molecule has 9 heteroatoms. The van der Waals surface area contributed by atoms with Gasteiger partial charge in [0.15, 0.2) is 0 Å². The fourth-order valence-electron chi connectivity index (χ4n) is 3.02. The van der Waals surface area contributed by atoms with Crippen molar-refractivity contribution in [2.45, 2.75) is 9.79 Å². The molecule has 0 fully saturated rings. The molecule has 31 heavy (non-hydrogen) atoms. The molecule has 0 spiro atoms. The molecule has 0 saturated heterocycles. The van der Waals surface area contributed by atoms with Crippen LogP contribution in [-0.4, -0.2) is 16.8 Å². The lowest BCUT2D eigenvalue weighted by atomic mass is 10.1. The van der Waals surface area contributed by atoms with Gasteiger partial charge in [0.25, 0.3) is 20.0 Å². The van der Waals surface area contributed by atoms with Crippen LogP contribution in [0.25, 0.3) is 10.8 Å². The summed E-state index contributed by atoms with van der Waals surface area (Å²) in [5, 5.41) is 1.66. The van der Waals surface area contributed by atoms with Gasteiger partial charge in [0.2, 0.25) is 0 Å². The van der Waals surface area contributed by atoms with Crippen molar-refractivity contribution in [2.75, 3.05) is 9.44 Å². The zero-order valence-corrected chi connectivity index (χ0v) is 17.6. The van der Waals surface area contributed by atoms with E-state index in [2.05, 4.69) is 9.44 Å². The molecule has 158 valence electrons. The first kappa shape index (κ1) is 20.8. The smallest absolute Gasteiger partial charge is 0.261 e. The number of rotatable bonds is 6. The third-order valence-electron chi connectivity index (χ3n) is 4.57. The summed E-state index contributed by atoms with van der Waals surface area (Å²) in [6.07, 6.45) is 0. The van der Waals surface area contributed by atoms with Gasteiger partial charge in [0, 0.05) is 0 Å². The summed E-state index contributed by atoms with van der Waals surface area (Å²) in [4.78, 5) is -0.108. The number of hydrogen-bond donors (Lipinski definition) is 2. The van der Waals surface area contributed by atoms with Gasteiger partial charge in [0.05, 0.1) is 21.2 Å². The molecule has 0 unspecified atom stereocenters. The second-order valence-electron chi connectivity index (χ2n) is 6.72. The van der Waals surface area contributed by atoms with Crippen molar-refractivity contribution in [3.8, 4) is 0 Å². The Morgan fingerprint density at radius 1 is 0.548 bits per heavy atom. The Labute approximate surface area is 179 Å². The third kappa shape index (κ3) is 4.52. The summed E-state index contributed by atoms with van der Waals surface area (Å²) >= 11 is 0. The van der Waals surface area contributed by atoms with Crippen molar-refractivity contribution in [2.24, 2.45) is 0 Å². The van der Waals surface area contributed by atoms with Gasteiger partial charge in [-0.1, -0.05) is 42.5 Å². The van der Waals surface area contributed by atoms with Gasteiger partial charge >= 0.3 is 0 Å². The van der Waals surface area contributed by atoms with Gasteiger partial charge in [-0.2, -0.15) is 0 Å². The first-order valence-corrected chi connectivity index (χ1v) is 12.1. The van der Waals surface area contributed by atoms with Gasteiger partial charge < -0.3 is 0 Å². The number of nitrogens with one attached hydrogen (secondary N) is 2. The Morgan fingerprint density at radius 3 is 1.65 bits per heavy atom. The minimum atomic E-state index is -4.05. The fourth-order valence-corrected chi connectivity index (χ4v) is 5.21. The molecular formula is C22H17FN2O4S2. The Morgan fingerprint density at radius 2 is 1.03 bits per heavy atom. The maximum atomic E-state index is 13.1. The van der Waals surface area contributed by atoms with Crippen LogP contribution >= 0.6 is 0 Å². The first-order chi connectivity index (χ1) is 14.7. The molecular weight excluding hydrogens is 439 g/mol. The van der Waals surface area contributed by atoms with Crippen LogP contribution in [-0.2, 0) is 20.0 Å². The molecule has 0 aliphatic rings. The Bertz CT molecular complexity index is 1470. The van der Waals surface area contributed by atoms with Gasteiger partial charge in [0.1, 0.15) is 5.82 Å². The van der Waals surface area contributed by atoms with Crippen molar-refractivity contribution in [3.05, 3.63) is 96.8 Å². The highest BCUT2D eigenvalue weighted by molar-refractivity contribution is 7.93. The van der Waals surface area contributed by atoms with Crippen molar-refractivity contribution < 1.29 is 21.2 Å². The molecule has 0 saturated carbocycles. The molecule has 0 radical (unpaired) electrons. The predicted octanol–water partition coefficient (Wildman–Crippen LogP) is 4.58. The van der Waals surface area contributed by atoms with E-state index in [4.69, 9.17) is 0 Å². The van der Waals surface area contributed by atoms with Gasteiger partial charge in [-0.05, 0) is 59.3 Å². The lowest BCUT2D eigenvalue weighted by Crippen LogP contribution is -2.17. The van der Waals surface area contributed by atoms with Crippen LogP contribution in [0.1, 0.15) is 0 Å². The fraction of sp³-hybridized carbons (Fsp3) is 0. The van der Waals surface area contributed by atoms with Crippen molar-refractivity contribution >= 4 is 42.2 Å². The maximum Gasteiger partial charge on any atom is 0.261 e. The normalized spacial score (nSPS) is 11.9. The largest absolute Gasteiger partial charge is 0.277 e. The van der Waals surface area contributed by atoms with E-state index in [0.29, 0.717) is 0 Å². The second-order valence-corrected chi connectivity index (χ2v) is 10.1. The van der Waals surface area contributed by atoms with Gasteiger partial charge in [-0.3, -0.25) is 9.44 Å². The number of hydrogen-bond acceptors (Lipinski definition) is 4. The number of anilines is 2. The van der Waals surface area contributed by atoms with Crippen molar-refractivity contribution in [1.29, 1.82) is 0 Å². The van der Waals surface area contributed by atoms with E-state index in [0.717, 1.165) is 35.0 Å². The quantitative estimate of drug-likeness (QED) is 0.444. The molecule has 0 aliphatic carbocycles. The maximum absolute atomic E-state index is 13.1. The standard InChI is InChI=1S/C22H17FN2O4S2/c23-18-10-13-19(14-11-18)30(26,27)24-21-7-3-4-8-22(21)25-31(28,29)20-12-9-16-5-1-2-6-17(16)15-20/h1-15,24-25H. The third-order valence-corrected chi connectivity index (χ3v) is 7.32. The van der Waals surface area contributed by atoms with E-state index in [1.165, 1.54) is 18.2 Å². The molecule has 0 atom stereocenters. The van der Waals surface area contributed by atoms with Crippen LogP contribution in [0.4, 0.5) is 15.8 Å². The van der Waals surface area contributed by atoms with E-state index >= 15 is 0 Å². The second kappa shape index (κ2) is 8.01. The average Bonchev–Trinajstić information content (AvgIpc) is 2.75. The number of para-hydroxylation sites is 2. The monoisotopic (exact) mass is 456 g/mol. The van der Waals surface area contributed by atoms with E-state index in [1.807, 2.05) is 18.2 Å². The van der Waals surface area contributed by atoms with Gasteiger partial charge in [-0.15, -0.1) is 0 Å². The summed E-state index contributed by atoms with van der Waals surface area (Å²) in [5.41, 5.74) is 0.0949. The Balaban J connectivity index is 1.65. The Kier molecular flexibility index (Phi) is 5.38. The number of sulfonamides is 2. The summed E-state index contributed by atoms with van der Waals surface area (Å²) in [6.45, 7) is 0. The molecule has 0 amide bonds. The highest BCUT2D eigenvalue weighted by Gasteiger charge is 2.20. The summed E-state index contributed by atoms with van der Waals surface area (Å²) < 4.78 is 69.1. The topological polar surface area (TPSA) is 92.3 Å². The van der Waals surface area contributed by atoms with Crippen LogP contribution in [0.2, 0.25) is 0 Å². The predicted molar refractivity (Wildman–Crippen MR) is 118 cm³/mol. The van der Waals surface area contributed by atoms with E-state index < -0.39 is 25.9 Å². The minimum absolute atomic E-state index is 0.0381. The van der Waals surface area contributed by atoms with Gasteiger partial charge in [-0.25, -0.2) is 21.2 Å². The summed E-state index contributed by atoms with van der Waals surface area (Å²) in [7, 11) is -8.04. The number of benzene rings is 4. The molecule has 4 aromatic carbocycles. The first-order valence-electron chi connectivity index (χ1n) is 9.14. The summed E-state index contributed by atoms with van der Waals surface area (Å²) in [5.74, 6) is -0.567. The highest BCUT2D eigenvalue weighted by Crippen LogP contribution is 2.28. The molecule has 0 bridgehead atoms. The minimum Gasteiger partial charge on any atom is -0.277 e. The molecule has 0 aliphatic heterocycles. The van der Waals surface area contributed by atoms with E-state index in [1.54, 1.807) is 30.3 Å². The molecule has 6 nitrogen and oxygen atoms in total. The zero-order valence-electron chi connectivity index (χ0n) is 16.0. The lowest BCUT2D eigenvalue weighted by molar-refractivity contribution is 0.598. The average molecular weight is 457 g/mol. The highest BCUT2D eigenvalue weighted by atomic mass is 32.2. The van der Waals surface area contributed by atoms with Crippen LogP contribution in [0.3, 0.4) is 0 Å². The van der Waals surface area contributed by atoms with Crippen LogP contribution in [0.5, 0.6) is 0 Å². The molecule has 2 N–H and O–H groups in total. The summed E-state index contributed by atoms with van der Waals surface area (Å²) in [6, 6.07) is 22.4. The van der Waals surface area contributed by atoms with Crippen LogP contribution < -0.4 is 9.44 Å². The molecule has 0 aromatic heterocycles. The van der Waals surface area contributed by atoms with E-state index in [9.17, 15) is 21.2 Å². The van der Waals surface area contributed by atoms with Crippen molar-refractivity contribution in [1.82, 2.24) is 0 Å². The van der Waals surface area contributed by atoms with Crippen LogP contribution in [0, 0.1) is 5.82 Å².